The van der Waals surface area contributed by atoms with E-state index in [0.29, 0.717) is 11.4 Å². The first-order valence-electron chi connectivity index (χ1n) is 6.10. The average Bonchev–Trinajstić information content (AvgIpc) is 2.80. The monoisotopic (exact) mass is 278 g/mol. The molecule has 0 unspecified atom stereocenters. The summed E-state index contributed by atoms with van der Waals surface area (Å²) in [7, 11) is 0. The minimum atomic E-state index is -0.688. The molecular weight excluding hydrogens is 263 g/mol. The van der Waals surface area contributed by atoms with Crippen molar-refractivity contribution in [3.63, 3.8) is 0 Å². The molecule has 106 valence electrons. The number of anilines is 2. The van der Waals surface area contributed by atoms with E-state index in [1.165, 1.54) is 10.7 Å². The molecule has 20 heavy (non-hydrogen) atoms. The minimum absolute atomic E-state index is 0.0704. The Labute approximate surface area is 115 Å². The number of ether oxygens (including phenoxy) is 1. The molecule has 0 atom stereocenters. The molecule has 0 radical (unpaired) electrons. The first-order valence-corrected chi connectivity index (χ1v) is 6.10. The number of rotatable bonds is 4. The first kappa shape index (κ1) is 13.9. The molecule has 2 rings (SSSR count). The van der Waals surface area contributed by atoms with Crippen molar-refractivity contribution < 1.29 is 13.9 Å². The second kappa shape index (κ2) is 6.05. The molecule has 2 aromatic rings. The maximum atomic E-state index is 14.2. The van der Waals surface area contributed by atoms with Gasteiger partial charge in [0.05, 0.1) is 18.8 Å². The highest BCUT2D eigenvalue weighted by atomic mass is 19.1. The Balaban J connectivity index is 2.16. The summed E-state index contributed by atoms with van der Waals surface area (Å²) in [5.41, 5.74) is 5.96. The number of carbonyl (C=O) groups is 1. The number of aromatic nitrogens is 2. The van der Waals surface area contributed by atoms with Crippen LogP contribution in [0.2, 0.25) is 0 Å². The summed E-state index contributed by atoms with van der Waals surface area (Å²) in [5, 5.41) is 6.33. The van der Waals surface area contributed by atoms with Gasteiger partial charge in [0.25, 0.3) is 0 Å². The topological polar surface area (TPSA) is 82.2 Å². The number of hydrogen-bond acceptors (Lipinski definition) is 4. The predicted octanol–water partition coefficient (Wildman–Crippen LogP) is 2.22. The summed E-state index contributed by atoms with van der Waals surface area (Å²) < 4.78 is 20.5. The van der Waals surface area contributed by atoms with Crippen LogP contribution in [0.3, 0.4) is 0 Å². The van der Waals surface area contributed by atoms with Gasteiger partial charge >= 0.3 is 6.09 Å². The van der Waals surface area contributed by atoms with Crippen molar-refractivity contribution in [1.29, 1.82) is 0 Å². The van der Waals surface area contributed by atoms with E-state index in [0.717, 1.165) is 0 Å². The second-order valence-corrected chi connectivity index (χ2v) is 4.06. The summed E-state index contributed by atoms with van der Waals surface area (Å²) >= 11 is 0. The van der Waals surface area contributed by atoms with Crippen LogP contribution < -0.4 is 11.1 Å². The lowest BCUT2D eigenvalue weighted by atomic mass is 10.2. The smallest absolute Gasteiger partial charge is 0.411 e. The molecule has 1 aromatic carbocycles. The molecule has 1 aromatic heterocycles. The van der Waals surface area contributed by atoms with Crippen molar-refractivity contribution in [3.05, 3.63) is 41.8 Å². The molecule has 7 heteroatoms. The summed E-state index contributed by atoms with van der Waals surface area (Å²) in [5.74, 6) is -0.152. The molecule has 0 aliphatic carbocycles. The fourth-order valence-corrected chi connectivity index (χ4v) is 1.72. The Kier molecular flexibility index (Phi) is 4.19. The van der Waals surface area contributed by atoms with E-state index in [2.05, 4.69) is 10.4 Å². The lowest BCUT2D eigenvalue weighted by Crippen LogP contribution is -2.15. The molecule has 0 aliphatic rings. The van der Waals surface area contributed by atoms with Gasteiger partial charge in [-0.2, -0.15) is 5.10 Å². The van der Waals surface area contributed by atoms with Gasteiger partial charge in [0.15, 0.2) is 5.82 Å². The lowest BCUT2D eigenvalue weighted by molar-refractivity contribution is 0.168. The number of amides is 1. The summed E-state index contributed by atoms with van der Waals surface area (Å²) in [6.45, 7) is 2.12. The molecule has 0 fully saturated rings. The van der Waals surface area contributed by atoms with Gasteiger partial charge in [-0.1, -0.05) is 12.1 Å². The van der Waals surface area contributed by atoms with E-state index in [1.807, 2.05) is 0 Å². The van der Waals surface area contributed by atoms with Crippen LogP contribution in [-0.4, -0.2) is 22.5 Å². The summed E-state index contributed by atoms with van der Waals surface area (Å²) in [6, 6.07) is 6.35. The largest absolute Gasteiger partial charge is 0.450 e. The van der Waals surface area contributed by atoms with E-state index in [9.17, 15) is 9.18 Å². The molecule has 1 amide bonds. The highest BCUT2D eigenvalue weighted by Crippen LogP contribution is 2.19. The van der Waals surface area contributed by atoms with E-state index in [-0.39, 0.29) is 18.8 Å². The van der Waals surface area contributed by atoms with Crippen molar-refractivity contribution >= 4 is 17.6 Å². The van der Waals surface area contributed by atoms with Gasteiger partial charge in [-0.25, -0.2) is 9.18 Å². The number of nitrogen functional groups attached to an aromatic ring is 1. The van der Waals surface area contributed by atoms with Gasteiger partial charge in [0, 0.05) is 11.8 Å². The van der Waals surface area contributed by atoms with Crippen LogP contribution in [0.15, 0.2) is 30.5 Å². The Hall–Kier alpha value is -2.57. The Morgan fingerprint density at radius 2 is 2.30 bits per heavy atom. The van der Waals surface area contributed by atoms with Gasteiger partial charge in [0.1, 0.15) is 5.82 Å². The molecule has 3 N–H and O–H groups in total. The summed E-state index contributed by atoms with van der Waals surface area (Å²) in [6.07, 6.45) is 0.965. The van der Waals surface area contributed by atoms with Crippen LogP contribution >= 0.6 is 0 Å². The Morgan fingerprint density at radius 3 is 2.95 bits per heavy atom. The third-order valence-corrected chi connectivity index (χ3v) is 2.58. The Bertz CT molecular complexity index is 612. The molecule has 0 aliphatic heterocycles. The van der Waals surface area contributed by atoms with Gasteiger partial charge in [-0.15, -0.1) is 0 Å². The lowest BCUT2D eigenvalue weighted by Gasteiger charge is -2.09. The zero-order chi connectivity index (χ0) is 14.5. The van der Waals surface area contributed by atoms with E-state index in [1.54, 1.807) is 31.3 Å². The number of halogens is 1. The van der Waals surface area contributed by atoms with E-state index < -0.39 is 11.9 Å². The number of nitrogens with two attached hydrogens (primary N) is 1. The third kappa shape index (κ3) is 3.25. The molecule has 0 saturated heterocycles. The van der Waals surface area contributed by atoms with Crippen molar-refractivity contribution in [2.45, 2.75) is 13.5 Å². The van der Waals surface area contributed by atoms with E-state index in [4.69, 9.17) is 10.5 Å². The number of nitrogens with one attached hydrogen (secondary N) is 1. The summed E-state index contributed by atoms with van der Waals surface area (Å²) in [4.78, 5) is 11.3. The van der Waals surface area contributed by atoms with Crippen molar-refractivity contribution in [1.82, 2.24) is 9.78 Å². The molecule has 0 bridgehead atoms. The Morgan fingerprint density at radius 1 is 1.50 bits per heavy atom. The third-order valence-electron chi connectivity index (χ3n) is 2.58. The quantitative estimate of drug-likeness (QED) is 0.898. The van der Waals surface area contributed by atoms with Crippen LogP contribution in [0, 0.1) is 5.82 Å². The van der Waals surface area contributed by atoms with Crippen molar-refractivity contribution in [2.75, 3.05) is 17.7 Å². The normalized spacial score (nSPS) is 10.3. The highest BCUT2D eigenvalue weighted by Gasteiger charge is 2.11. The van der Waals surface area contributed by atoms with Crippen LogP contribution in [-0.2, 0) is 11.3 Å². The van der Waals surface area contributed by atoms with Crippen LogP contribution in [0.5, 0.6) is 0 Å². The fraction of sp³-hybridized carbons (Fsp3) is 0.231. The fourth-order valence-electron chi connectivity index (χ4n) is 1.72. The molecule has 1 heterocycles. The predicted molar refractivity (Wildman–Crippen MR) is 72.8 cm³/mol. The zero-order valence-electron chi connectivity index (χ0n) is 11.0. The van der Waals surface area contributed by atoms with Crippen LogP contribution in [0.25, 0.3) is 0 Å². The number of hydrogen-bond donors (Lipinski definition) is 2. The number of nitrogens with zero attached hydrogens (tertiary/aromatic N) is 2. The van der Waals surface area contributed by atoms with E-state index >= 15 is 0 Å². The van der Waals surface area contributed by atoms with Gasteiger partial charge in [-0.3, -0.25) is 10.00 Å². The van der Waals surface area contributed by atoms with Gasteiger partial charge < -0.3 is 10.5 Å². The maximum absolute atomic E-state index is 14.2. The highest BCUT2D eigenvalue weighted by molar-refractivity contribution is 5.84. The molecule has 6 nitrogen and oxygen atoms in total. The average molecular weight is 278 g/mol. The first-order chi connectivity index (χ1) is 9.60. The van der Waals surface area contributed by atoms with Crippen LogP contribution in [0.4, 0.5) is 20.7 Å². The molecule has 0 spiro atoms. The number of carbonyl (C=O) groups excluding carboxylic acids is 1. The minimum Gasteiger partial charge on any atom is -0.450 e. The van der Waals surface area contributed by atoms with Gasteiger partial charge in [0.2, 0.25) is 0 Å². The SMILES string of the molecule is CCOC(=O)Nc1cccc(Cn2ccc(N)n2)c1F. The van der Waals surface area contributed by atoms with Gasteiger partial charge in [-0.05, 0) is 19.1 Å². The number of benzene rings is 1. The maximum Gasteiger partial charge on any atom is 0.411 e. The molecule has 0 saturated carbocycles. The molecular formula is C13H15FN4O2. The second-order valence-electron chi connectivity index (χ2n) is 4.06. The van der Waals surface area contributed by atoms with Crippen LogP contribution in [0.1, 0.15) is 12.5 Å². The standard InChI is InChI=1S/C13H15FN4O2/c1-2-20-13(19)16-10-5-3-4-9(12(10)14)8-18-7-6-11(15)17-18/h3-7H,2,8H2,1H3,(H2,15,17)(H,16,19). The van der Waals surface area contributed by atoms with Crippen molar-refractivity contribution in [3.8, 4) is 0 Å². The van der Waals surface area contributed by atoms with Crippen molar-refractivity contribution in [2.24, 2.45) is 0 Å². The zero-order valence-corrected chi connectivity index (χ0v) is 11.0.